The van der Waals surface area contributed by atoms with Gasteiger partial charge in [0.1, 0.15) is 0 Å². The Morgan fingerprint density at radius 3 is 2.39 bits per heavy atom. The van der Waals surface area contributed by atoms with Crippen molar-refractivity contribution in [2.45, 2.75) is 71.3 Å². The highest BCUT2D eigenvalue weighted by Crippen LogP contribution is 2.30. The Labute approximate surface area is 167 Å². The minimum atomic E-state index is -0.630. The molecular formula is C22H31N3O3. The van der Waals surface area contributed by atoms with Crippen LogP contribution in [0.25, 0.3) is 0 Å². The van der Waals surface area contributed by atoms with E-state index in [1.54, 1.807) is 6.07 Å². The average molecular weight is 386 g/mol. The van der Waals surface area contributed by atoms with Gasteiger partial charge in [-0.25, -0.2) is 0 Å². The van der Waals surface area contributed by atoms with E-state index in [1.165, 1.54) is 12.8 Å². The van der Waals surface area contributed by atoms with Crippen LogP contribution >= 0.6 is 0 Å². The number of hydrogen-bond acceptors (Lipinski definition) is 3. The van der Waals surface area contributed by atoms with Crippen LogP contribution in [0.1, 0.15) is 64.4 Å². The Morgan fingerprint density at radius 1 is 1.00 bits per heavy atom. The van der Waals surface area contributed by atoms with E-state index in [0.717, 1.165) is 56.3 Å². The van der Waals surface area contributed by atoms with E-state index in [4.69, 9.17) is 0 Å². The number of amides is 3. The molecule has 0 spiro atoms. The molecule has 6 nitrogen and oxygen atoms in total. The molecule has 0 atom stereocenters. The van der Waals surface area contributed by atoms with Gasteiger partial charge in [-0.1, -0.05) is 39.5 Å². The molecule has 2 N–H and O–H groups in total. The quantitative estimate of drug-likeness (QED) is 0.618. The summed E-state index contributed by atoms with van der Waals surface area (Å²) in [6.45, 7) is 4.52. The fourth-order valence-electron chi connectivity index (χ4n) is 4.08. The first-order chi connectivity index (χ1) is 13.5. The van der Waals surface area contributed by atoms with Crippen LogP contribution in [0.15, 0.2) is 18.2 Å². The van der Waals surface area contributed by atoms with Crippen molar-refractivity contribution in [3.05, 3.63) is 23.8 Å². The van der Waals surface area contributed by atoms with Crippen molar-refractivity contribution < 1.29 is 14.4 Å². The fraction of sp³-hybridized carbons (Fsp3) is 0.591. The Bertz CT molecular complexity index is 737. The van der Waals surface area contributed by atoms with Crippen molar-refractivity contribution >= 4 is 29.1 Å². The van der Waals surface area contributed by atoms with E-state index in [-0.39, 0.29) is 17.9 Å². The summed E-state index contributed by atoms with van der Waals surface area (Å²) >= 11 is 0. The van der Waals surface area contributed by atoms with Crippen molar-refractivity contribution in [3.8, 4) is 0 Å². The second kappa shape index (κ2) is 9.22. The number of carbonyl (C=O) groups excluding carboxylic acids is 3. The number of benzene rings is 1. The number of nitrogens with one attached hydrogen (secondary N) is 2. The molecule has 1 saturated carbocycles. The highest BCUT2D eigenvalue weighted by atomic mass is 16.2. The molecule has 3 amide bonds. The van der Waals surface area contributed by atoms with Crippen LogP contribution in [0, 0.1) is 5.92 Å². The lowest BCUT2D eigenvalue weighted by atomic mass is 9.99. The standard InChI is InChI=1S/C22H31N3O3/c1-15(2)22(28)25-13-7-8-16-14-18(11-12-19(16)25)24-21(27)20(26)23-17-9-5-3-4-6-10-17/h11-12,14-15,17H,3-10,13H2,1-2H3,(H,23,26)(H,24,27). The van der Waals surface area contributed by atoms with Gasteiger partial charge < -0.3 is 15.5 Å². The predicted molar refractivity (Wildman–Crippen MR) is 110 cm³/mol. The molecule has 0 saturated heterocycles. The van der Waals surface area contributed by atoms with Crippen molar-refractivity contribution in [2.24, 2.45) is 5.92 Å². The number of hydrogen-bond donors (Lipinski definition) is 2. The second-order valence-corrected chi connectivity index (χ2v) is 8.21. The maximum absolute atomic E-state index is 12.4. The van der Waals surface area contributed by atoms with E-state index in [0.29, 0.717) is 5.69 Å². The molecule has 28 heavy (non-hydrogen) atoms. The van der Waals surface area contributed by atoms with Crippen LogP contribution in [0.4, 0.5) is 11.4 Å². The zero-order chi connectivity index (χ0) is 20.1. The zero-order valence-electron chi connectivity index (χ0n) is 16.9. The molecule has 1 heterocycles. The van der Waals surface area contributed by atoms with Gasteiger partial charge in [0, 0.05) is 29.9 Å². The summed E-state index contributed by atoms with van der Waals surface area (Å²) in [4.78, 5) is 38.8. The van der Waals surface area contributed by atoms with E-state index in [2.05, 4.69) is 10.6 Å². The molecule has 1 aliphatic carbocycles. The Balaban J connectivity index is 1.64. The third-order valence-corrected chi connectivity index (χ3v) is 5.61. The summed E-state index contributed by atoms with van der Waals surface area (Å²) in [5, 5.41) is 5.58. The maximum atomic E-state index is 12.4. The number of anilines is 2. The smallest absolute Gasteiger partial charge is 0.313 e. The molecule has 0 bridgehead atoms. The molecule has 0 aromatic heterocycles. The summed E-state index contributed by atoms with van der Waals surface area (Å²) in [6, 6.07) is 5.61. The minimum Gasteiger partial charge on any atom is -0.345 e. The predicted octanol–water partition coefficient (Wildman–Crippen LogP) is 3.40. The number of carbonyl (C=O) groups is 3. The zero-order valence-corrected chi connectivity index (χ0v) is 16.9. The fourth-order valence-corrected chi connectivity index (χ4v) is 4.08. The van der Waals surface area contributed by atoms with Crippen molar-refractivity contribution in [3.63, 3.8) is 0 Å². The van der Waals surface area contributed by atoms with Crippen LogP contribution in [0.2, 0.25) is 0 Å². The minimum absolute atomic E-state index is 0.0574. The molecule has 152 valence electrons. The van der Waals surface area contributed by atoms with E-state index >= 15 is 0 Å². The Hall–Kier alpha value is -2.37. The Kier molecular flexibility index (Phi) is 6.70. The molecule has 1 aromatic carbocycles. The molecule has 1 aromatic rings. The lowest BCUT2D eigenvalue weighted by molar-refractivity contribution is -0.136. The van der Waals surface area contributed by atoms with Crippen LogP contribution in [0.3, 0.4) is 0 Å². The first kappa shape index (κ1) is 20.4. The van der Waals surface area contributed by atoms with Gasteiger partial charge >= 0.3 is 11.8 Å². The first-order valence-corrected chi connectivity index (χ1v) is 10.5. The summed E-state index contributed by atoms with van der Waals surface area (Å²) in [7, 11) is 0. The Morgan fingerprint density at radius 2 is 1.71 bits per heavy atom. The van der Waals surface area contributed by atoms with Crippen molar-refractivity contribution in [1.29, 1.82) is 0 Å². The highest BCUT2D eigenvalue weighted by Gasteiger charge is 2.25. The number of nitrogens with zero attached hydrogens (tertiary/aromatic N) is 1. The molecule has 6 heteroatoms. The number of fused-ring (bicyclic) bond motifs is 1. The van der Waals surface area contributed by atoms with Gasteiger partial charge in [0.15, 0.2) is 0 Å². The molecule has 1 fully saturated rings. The van der Waals surface area contributed by atoms with Crippen LogP contribution < -0.4 is 15.5 Å². The molecule has 2 aliphatic rings. The number of aryl methyl sites for hydroxylation is 1. The third kappa shape index (κ3) is 4.91. The highest BCUT2D eigenvalue weighted by molar-refractivity contribution is 6.39. The van der Waals surface area contributed by atoms with Crippen LogP contribution in [-0.4, -0.2) is 30.3 Å². The topological polar surface area (TPSA) is 78.5 Å². The molecular weight excluding hydrogens is 354 g/mol. The molecule has 0 radical (unpaired) electrons. The SMILES string of the molecule is CC(C)C(=O)N1CCCc2cc(NC(=O)C(=O)NC3CCCCCC3)ccc21. The second-order valence-electron chi connectivity index (χ2n) is 8.21. The van der Waals surface area contributed by atoms with E-state index in [9.17, 15) is 14.4 Å². The molecule has 3 rings (SSSR count). The first-order valence-electron chi connectivity index (χ1n) is 10.5. The summed E-state index contributed by atoms with van der Waals surface area (Å²) < 4.78 is 0. The maximum Gasteiger partial charge on any atom is 0.313 e. The van der Waals surface area contributed by atoms with Crippen LogP contribution in [0.5, 0.6) is 0 Å². The largest absolute Gasteiger partial charge is 0.345 e. The van der Waals surface area contributed by atoms with Gasteiger partial charge in [0.25, 0.3) is 0 Å². The van der Waals surface area contributed by atoms with E-state index < -0.39 is 11.8 Å². The lowest BCUT2D eigenvalue weighted by Gasteiger charge is -2.31. The lowest BCUT2D eigenvalue weighted by Crippen LogP contribution is -2.41. The van der Waals surface area contributed by atoms with Gasteiger partial charge in [-0.2, -0.15) is 0 Å². The van der Waals surface area contributed by atoms with E-state index in [1.807, 2.05) is 30.9 Å². The van der Waals surface area contributed by atoms with Crippen molar-refractivity contribution in [2.75, 3.05) is 16.8 Å². The summed E-state index contributed by atoms with van der Waals surface area (Å²) in [5.74, 6) is -1.14. The number of rotatable bonds is 3. The van der Waals surface area contributed by atoms with Crippen LogP contribution in [-0.2, 0) is 20.8 Å². The third-order valence-electron chi connectivity index (χ3n) is 5.61. The van der Waals surface area contributed by atoms with Gasteiger partial charge in [-0.3, -0.25) is 14.4 Å². The van der Waals surface area contributed by atoms with Gasteiger partial charge in [0.2, 0.25) is 5.91 Å². The van der Waals surface area contributed by atoms with Crippen molar-refractivity contribution in [1.82, 2.24) is 5.32 Å². The van der Waals surface area contributed by atoms with Gasteiger partial charge in [-0.15, -0.1) is 0 Å². The summed E-state index contributed by atoms with van der Waals surface area (Å²) in [5.41, 5.74) is 2.53. The van der Waals surface area contributed by atoms with Gasteiger partial charge in [-0.05, 0) is 49.4 Å². The monoisotopic (exact) mass is 385 g/mol. The average Bonchev–Trinajstić information content (AvgIpc) is 2.95. The van der Waals surface area contributed by atoms with Gasteiger partial charge in [0.05, 0.1) is 0 Å². The summed E-state index contributed by atoms with van der Waals surface area (Å²) in [6.07, 6.45) is 8.23. The molecule has 0 unspecified atom stereocenters. The molecule has 1 aliphatic heterocycles. The normalized spacial score (nSPS) is 17.6.